The maximum atomic E-state index is 13.8. The molecule has 1 saturated heterocycles. The van der Waals surface area contributed by atoms with Crippen molar-refractivity contribution < 1.29 is 22.0 Å². The maximum absolute atomic E-state index is 13.8. The van der Waals surface area contributed by atoms with Crippen LogP contribution in [-0.4, -0.2) is 36.0 Å². The Labute approximate surface area is 138 Å². The highest BCUT2D eigenvalue weighted by molar-refractivity contribution is 5.29. The van der Waals surface area contributed by atoms with E-state index in [9.17, 15) is 22.0 Å². The number of hydrogen-bond donors (Lipinski definition) is 1. The highest BCUT2D eigenvalue weighted by Gasteiger charge is 2.62. The molecule has 0 radical (unpaired) electrons. The molecule has 4 atom stereocenters. The van der Waals surface area contributed by atoms with Crippen molar-refractivity contribution in [3.8, 4) is 0 Å². The Morgan fingerprint density at radius 3 is 2.25 bits per heavy atom. The van der Waals surface area contributed by atoms with E-state index in [4.69, 9.17) is 0 Å². The largest absolute Gasteiger partial charge is 0.416 e. The lowest BCUT2D eigenvalue weighted by Gasteiger charge is -2.43. The third-order valence-corrected chi connectivity index (χ3v) is 5.00. The predicted molar refractivity (Wildman–Crippen MR) is 80.9 cm³/mol. The van der Waals surface area contributed by atoms with Gasteiger partial charge in [0.15, 0.2) is 0 Å². The van der Waals surface area contributed by atoms with Gasteiger partial charge in [-0.2, -0.15) is 13.2 Å². The van der Waals surface area contributed by atoms with Gasteiger partial charge in [-0.25, -0.2) is 8.78 Å². The van der Waals surface area contributed by atoms with E-state index in [0.717, 1.165) is 12.1 Å². The van der Waals surface area contributed by atoms with Crippen molar-refractivity contribution >= 4 is 0 Å². The second-order valence-corrected chi connectivity index (χ2v) is 6.99. The molecule has 2 fully saturated rings. The summed E-state index contributed by atoms with van der Waals surface area (Å²) in [5.41, 5.74) is -0.222. The number of nitrogens with zero attached hydrogens (tertiary/aromatic N) is 1. The summed E-state index contributed by atoms with van der Waals surface area (Å²) in [6.45, 7) is 5.21. The molecule has 24 heavy (non-hydrogen) atoms. The van der Waals surface area contributed by atoms with E-state index in [1.54, 1.807) is 0 Å². The summed E-state index contributed by atoms with van der Waals surface area (Å²) in [4.78, 5) is 2.01. The fraction of sp³-hybridized carbons (Fsp3) is 0.647. The number of benzene rings is 1. The Balaban J connectivity index is 1.91. The highest BCUT2D eigenvalue weighted by atomic mass is 19.4. The van der Waals surface area contributed by atoms with Crippen molar-refractivity contribution in [2.24, 2.45) is 5.92 Å². The van der Waals surface area contributed by atoms with Crippen molar-refractivity contribution in [2.75, 3.05) is 13.1 Å². The lowest BCUT2D eigenvalue weighted by atomic mass is 9.95. The zero-order chi connectivity index (χ0) is 17.7. The lowest BCUT2D eigenvalue weighted by Crippen LogP contribution is -2.55. The second kappa shape index (κ2) is 5.95. The van der Waals surface area contributed by atoms with E-state index in [-0.39, 0.29) is 18.5 Å². The van der Waals surface area contributed by atoms with Crippen LogP contribution in [0.15, 0.2) is 24.3 Å². The Morgan fingerprint density at radius 2 is 1.75 bits per heavy atom. The summed E-state index contributed by atoms with van der Waals surface area (Å²) in [7, 11) is 0. The molecule has 1 unspecified atom stereocenters. The molecular formula is C17H21F5N2. The first kappa shape index (κ1) is 17.6. The van der Waals surface area contributed by atoms with E-state index < -0.39 is 29.6 Å². The minimum atomic E-state index is -4.42. The first-order valence-corrected chi connectivity index (χ1v) is 8.13. The Hall–Kier alpha value is -1.21. The maximum Gasteiger partial charge on any atom is 0.416 e. The average molecular weight is 348 g/mol. The van der Waals surface area contributed by atoms with Gasteiger partial charge in [0.1, 0.15) is 0 Å². The summed E-state index contributed by atoms with van der Waals surface area (Å²) < 4.78 is 65.7. The molecule has 0 bridgehead atoms. The molecule has 7 heteroatoms. The fourth-order valence-electron chi connectivity index (χ4n) is 3.54. The molecule has 1 aromatic carbocycles. The van der Waals surface area contributed by atoms with Crippen molar-refractivity contribution in [3.63, 3.8) is 0 Å². The summed E-state index contributed by atoms with van der Waals surface area (Å²) in [5, 5.41) is 3.30. The summed E-state index contributed by atoms with van der Waals surface area (Å²) in [5.74, 6) is -3.57. The van der Waals surface area contributed by atoms with Gasteiger partial charge in [0.2, 0.25) is 0 Å². The van der Waals surface area contributed by atoms with E-state index in [1.165, 1.54) is 12.1 Å². The predicted octanol–water partition coefficient (Wildman–Crippen LogP) is 4.08. The second-order valence-electron chi connectivity index (χ2n) is 6.99. The van der Waals surface area contributed by atoms with Gasteiger partial charge in [-0.15, -0.1) is 0 Å². The molecule has 0 amide bonds. The smallest absolute Gasteiger partial charge is 0.311 e. The van der Waals surface area contributed by atoms with Gasteiger partial charge in [0.25, 0.3) is 5.92 Å². The third kappa shape index (κ3) is 3.42. The van der Waals surface area contributed by atoms with Crippen LogP contribution < -0.4 is 5.32 Å². The molecule has 134 valence electrons. The van der Waals surface area contributed by atoms with Gasteiger partial charge in [0, 0.05) is 43.6 Å². The Kier molecular flexibility index (Phi) is 4.36. The van der Waals surface area contributed by atoms with Crippen LogP contribution >= 0.6 is 0 Å². The van der Waals surface area contributed by atoms with Crippen LogP contribution in [-0.2, 0) is 6.18 Å². The zero-order valence-electron chi connectivity index (χ0n) is 13.6. The topological polar surface area (TPSA) is 15.3 Å². The van der Waals surface area contributed by atoms with Crippen molar-refractivity contribution in [1.29, 1.82) is 0 Å². The first-order valence-electron chi connectivity index (χ1n) is 8.13. The summed E-state index contributed by atoms with van der Waals surface area (Å²) in [6, 6.07) is 4.32. The lowest BCUT2D eigenvalue weighted by molar-refractivity contribution is -0.137. The molecule has 0 spiro atoms. The minimum Gasteiger partial charge on any atom is -0.311 e. The van der Waals surface area contributed by atoms with Crippen molar-refractivity contribution in [1.82, 2.24) is 10.2 Å². The number of halogens is 5. The molecule has 1 aliphatic heterocycles. The van der Waals surface area contributed by atoms with Crippen molar-refractivity contribution in [2.45, 2.75) is 50.5 Å². The molecule has 1 aliphatic carbocycles. The molecule has 1 saturated carbocycles. The van der Waals surface area contributed by atoms with Crippen LogP contribution in [0, 0.1) is 5.92 Å². The van der Waals surface area contributed by atoms with Gasteiger partial charge < -0.3 is 5.32 Å². The van der Waals surface area contributed by atoms with E-state index in [0.29, 0.717) is 18.7 Å². The van der Waals surface area contributed by atoms with Gasteiger partial charge in [0.05, 0.1) is 5.56 Å². The summed E-state index contributed by atoms with van der Waals surface area (Å²) >= 11 is 0. The van der Waals surface area contributed by atoms with Gasteiger partial charge >= 0.3 is 6.18 Å². The van der Waals surface area contributed by atoms with Crippen LogP contribution in [0.4, 0.5) is 22.0 Å². The normalized spacial score (nSPS) is 31.7. The molecule has 3 rings (SSSR count). The quantitative estimate of drug-likeness (QED) is 0.828. The number of alkyl halides is 5. The van der Waals surface area contributed by atoms with Gasteiger partial charge in [-0.05, 0) is 31.5 Å². The number of hydrogen-bond acceptors (Lipinski definition) is 2. The first-order chi connectivity index (χ1) is 11.1. The molecule has 2 aliphatic rings. The molecule has 1 heterocycles. The number of rotatable bonds is 3. The van der Waals surface area contributed by atoms with Crippen LogP contribution in [0.1, 0.15) is 37.4 Å². The Bertz CT molecular complexity index is 584. The highest BCUT2D eigenvalue weighted by Crippen LogP contribution is 2.57. The fourth-order valence-corrected chi connectivity index (χ4v) is 3.54. The molecule has 0 aromatic heterocycles. The Morgan fingerprint density at radius 1 is 1.17 bits per heavy atom. The number of nitrogens with one attached hydrogen (secondary N) is 1. The van der Waals surface area contributed by atoms with Gasteiger partial charge in [-0.1, -0.05) is 12.1 Å². The van der Waals surface area contributed by atoms with E-state index in [1.807, 2.05) is 18.7 Å². The third-order valence-electron chi connectivity index (χ3n) is 5.00. The molecule has 1 N–H and O–H groups in total. The SMILES string of the molecule is C[C@@H]1CN[C@@H](C)CN1C(c1ccc(C(F)(F)F)cc1)[C@H]1CC1(F)F. The van der Waals surface area contributed by atoms with Crippen LogP contribution in [0.5, 0.6) is 0 Å². The van der Waals surface area contributed by atoms with Crippen LogP contribution in [0.3, 0.4) is 0 Å². The standard InChI is InChI=1S/C17H21F5N2/c1-10-9-24(11(2)8-23-10)15(14-7-16(14,18)19)12-3-5-13(6-4-12)17(20,21)22/h3-6,10-11,14-15,23H,7-9H2,1-2H3/t10-,11+,14+,15?/m0/s1. The van der Waals surface area contributed by atoms with E-state index >= 15 is 0 Å². The molecule has 2 nitrogen and oxygen atoms in total. The number of piperazine rings is 1. The van der Waals surface area contributed by atoms with Crippen molar-refractivity contribution in [3.05, 3.63) is 35.4 Å². The average Bonchev–Trinajstić information content (AvgIpc) is 3.11. The minimum absolute atomic E-state index is 0.0462. The van der Waals surface area contributed by atoms with E-state index in [2.05, 4.69) is 5.32 Å². The monoisotopic (exact) mass is 348 g/mol. The van der Waals surface area contributed by atoms with Gasteiger partial charge in [-0.3, -0.25) is 4.90 Å². The zero-order valence-corrected chi connectivity index (χ0v) is 13.6. The summed E-state index contributed by atoms with van der Waals surface area (Å²) in [6.07, 6.45) is -4.63. The van der Waals surface area contributed by atoms with Crippen LogP contribution in [0.2, 0.25) is 0 Å². The molecular weight excluding hydrogens is 327 g/mol. The molecule has 1 aromatic rings. The van der Waals surface area contributed by atoms with Crippen LogP contribution in [0.25, 0.3) is 0 Å².